The molecule has 0 fully saturated rings. The van der Waals surface area contributed by atoms with Gasteiger partial charge in [-0.2, -0.15) is 0 Å². The van der Waals surface area contributed by atoms with Crippen molar-refractivity contribution >= 4 is 129 Å². The summed E-state index contributed by atoms with van der Waals surface area (Å²) < 4.78 is 0. The molecule has 0 unspecified atom stereocenters. The molecule has 296 valence electrons. The SMILES string of the molecule is c1c#cc2cccc3cc4cccc(c#cc5cccc6cc7cccc(c#cc8cccc9cc%10cccc(c#cc%11cccc%12cc%13cccc(c#1)c%13cc%11%12)c%10cc89)c7cc56)c4cc23. The molecule has 0 aliphatic rings. The van der Waals surface area contributed by atoms with E-state index in [1.165, 1.54) is 0 Å². The Morgan fingerprint density at radius 2 is 0.333 bits per heavy atom. The van der Waals surface area contributed by atoms with Gasteiger partial charge >= 0.3 is 0 Å². The van der Waals surface area contributed by atoms with Crippen molar-refractivity contribution in [2.75, 3.05) is 0 Å². The molecule has 0 aromatic heterocycles. The van der Waals surface area contributed by atoms with Gasteiger partial charge in [-0.05, 0) is 195 Å². The molecule has 0 amide bonds. The highest BCUT2D eigenvalue weighted by atomic mass is 14.1. The van der Waals surface area contributed by atoms with Crippen LogP contribution >= 0.6 is 0 Å². The highest BCUT2D eigenvalue weighted by molar-refractivity contribution is 6.14. The van der Waals surface area contributed by atoms with Crippen LogP contribution in [-0.4, -0.2) is 0 Å². The lowest BCUT2D eigenvalue weighted by molar-refractivity contribution is 1.80. The highest BCUT2D eigenvalue weighted by Crippen LogP contribution is 2.32. The van der Waals surface area contributed by atoms with Gasteiger partial charge in [0, 0.05) is 43.1 Å². The Labute approximate surface area is 382 Å². The third-order valence-corrected chi connectivity index (χ3v) is 13.0. The van der Waals surface area contributed by atoms with E-state index >= 15 is 0 Å². The Hall–Kier alpha value is -9.48. The Kier molecular flexibility index (Phi) is 8.49. The number of benzene rings is 12. The minimum absolute atomic E-state index is 0.928. The predicted octanol–water partition coefficient (Wildman–Crippen LogP) is 16.9. The number of rotatable bonds is 0. The molecule has 0 atom stereocenters. The van der Waals surface area contributed by atoms with Crippen molar-refractivity contribution in [2.45, 2.75) is 0 Å². The largest absolute Gasteiger partial charge is 0.0610 e. The van der Waals surface area contributed by atoms with Gasteiger partial charge in [-0.25, -0.2) is 0 Å². The fourth-order valence-corrected chi connectivity index (χ4v) is 9.68. The lowest BCUT2D eigenvalue weighted by Gasteiger charge is -2.04. The van der Waals surface area contributed by atoms with Crippen LogP contribution in [0.2, 0.25) is 0 Å². The lowest BCUT2D eigenvalue weighted by Crippen LogP contribution is -1.79. The smallest absolute Gasteiger partial charge is 0.0334 e. The van der Waals surface area contributed by atoms with Crippen LogP contribution in [-0.2, 0) is 0 Å². The molecular formula is C66H32. The van der Waals surface area contributed by atoms with E-state index in [2.05, 4.69) is 255 Å². The highest BCUT2D eigenvalue weighted by Gasteiger charge is 2.06. The van der Waals surface area contributed by atoms with Crippen LogP contribution in [0.25, 0.3) is 129 Å². The second kappa shape index (κ2) is 15.1. The summed E-state index contributed by atoms with van der Waals surface area (Å²) in [5, 5.41) is 25.5. The molecule has 0 aliphatic carbocycles. The molecule has 0 radical (unpaired) electrons. The fraction of sp³-hybridized carbons (Fsp3) is 0. The van der Waals surface area contributed by atoms with Gasteiger partial charge < -0.3 is 0 Å². The van der Waals surface area contributed by atoms with Gasteiger partial charge in [0.2, 0.25) is 0 Å². The van der Waals surface area contributed by atoms with Gasteiger partial charge in [-0.3, -0.25) is 0 Å². The quantitative estimate of drug-likeness (QED) is 0.134. The van der Waals surface area contributed by atoms with E-state index in [0.29, 0.717) is 0 Å². The molecule has 0 heterocycles. The molecule has 8 bridgehead atoms. The molecule has 66 heavy (non-hydrogen) atoms. The summed E-state index contributed by atoms with van der Waals surface area (Å²) in [5.74, 6) is 0. The minimum atomic E-state index is 0.928. The Bertz CT molecular complexity index is 4120. The summed E-state index contributed by atoms with van der Waals surface area (Å²) in [6.45, 7) is 0. The van der Waals surface area contributed by atoms with Crippen molar-refractivity contribution in [1.29, 1.82) is 0 Å². The van der Waals surface area contributed by atoms with Gasteiger partial charge in [0.25, 0.3) is 0 Å². The van der Waals surface area contributed by atoms with Crippen LogP contribution in [0, 0.1) is 60.7 Å². The van der Waals surface area contributed by atoms with Crippen LogP contribution in [0.1, 0.15) is 0 Å². The van der Waals surface area contributed by atoms with E-state index in [1.807, 2.05) is 0 Å². The maximum atomic E-state index is 3.60. The molecule has 0 aliphatic heterocycles. The normalized spacial score (nSPS) is 11.0. The zero-order valence-electron chi connectivity index (χ0n) is 35.5. The summed E-state index contributed by atoms with van der Waals surface area (Å²) in [5.41, 5.74) is 0. The standard InChI is InChI=1S/C66H32/c1-2-12-44-14-4-22-52-36-54-24-6-16-46(62(54)40-60(44)52)30-32-48-18-8-26-56-38-58-28-10-20-50(66(58)42-64(48)56)34-33-49-19-9-27-57-37-55-25-7-17-47(63(55)41-65(49)57)31-29-45-15-5-23-53-35-51-21-3-13-43(11-1)59(51)39-61(45)53/h3-10,13-28,35-42H. The van der Waals surface area contributed by atoms with Crippen molar-refractivity contribution in [3.8, 4) is 0 Å². The van der Waals surface area contributed by atoms with Crippen molar-refractivity contribution in [3.63, 3.8) is 0 Å². The van der Waals surface area contributed by atoms with Crippen molar-refractivity contribution in [2.24, 2.45) is 0 Å². The Balaban J connectivity index is 1.12. The molecule has 0 saturated carbocycles. The first-order valence-corrected chi connectivity index (χ1v) is 22.1. The number of hydrogen-bond acceptors (Lipinski definition) is 0. The molecule has 13 aromatic carbocycles. The van der Waals surface area contributed by atoms with Crippen LogP contribution < -0.4 is 0 Å². The first-order valence-electron chi connectivity index (χ1n) is 22.1. The summed E-state index contributed by atoms with van der Waals surface area (Å²) >= 11 is 0. The van der Waals surface area contributed by atoms with E-state index in [0.717, 1.165) is 129 Å². The molecule has 0 nitrogen and oxygen atoms in total. The maximum absolute atomic E-state index is 3.60. The van der Waals surface area contributed by atoms with Crippen LogP contribution in [0.4, 0.5) is 0 Å². The van der Waals surface area contributed by atoms with Gasteiger partial charge in [0.15, 0.2) is 0 Å². The van der Waals surface area contributed by atoms with E-state index < -0.39 is 0 Å². The lowest BCUT2D eigenvalue weighted by atomic mass is 9.99. The first kappa shape index (κ1) is 37.1. The molecule has 13 aromatic rings. The summed E-state index contributed by atoms with van der Waals surface area (Å²) in [4.78, 5) is 0. The summed E-state index contributed by atoms with van der Waals surface area (Å²) in [6.07, 6.45) is 0. The fourth-order valence-electron chi connectivity index (χ4n) is 9.68. The predicted molar refractivity (Wildman–Crippen MR) is 278 cm³/mol. The molecule has 0 saturated heterocycles. The van der Waals surface area contributed by atoms with Crippen LogP contribution in [0.5, 0.6) is 0 Å². The van der Waals surface area contributed by atoms with E-state index in [4.69, 9.17) is 0 Å². The molecule has 13 rings (SSSR count). The van der Waals surface area contributed by atoms with Gasteiger partial charge in [-0.15, -0.1) is 0 Å². The third kappa shape index (κ3) is 6.37. The Morgan fingerprint density at radius 3 is 0.515 bits per heavy atom. The van der Waals surface area contributed by atoms with E-state index in [-0.39, 0.29) is 0 Å². The average molecular weight is 825 g/mol. The third-order valence-electron chi connectivity index (χ3n) is 13.0. The number of hydrogen-bond donors (Lipinski definition) is 0. The van der Waals surface area contributed by atoms with Gasteiger partial charge in [0.1, 0.15) is 0 Å². The molecule has 0 heteroatoms. The maximum Gasteiger partial charge on any atom is 0.0334 e. The average Bonchev–Trinajstić information content (AvgIpc) is 3.35. The first-order chi connectivity index (χ1) is 32.7. The minimum Gasteiger partial charge on any atom is -0.0610 e. The zero-order chi connectivity index (χ0) is 43.6. The second-order valence-electron chi connectivity index (χ2n) is 16.9. The van der Waals surface area contributed by atoms with Crippen molar-refractivity contribution in [3.05, 3.63) is 255 Å². The van der Waals surface area contributed by atoms with Gasteiger partial charge in [0.05, 0.1) is 0 Å². The molecule has 0 N–H and O–H groups in total. The monoisotopic (exact) mass is 824 g/mol. The molecule has 0 spiro atoms. The van der Waals surface area contributed by atoms with E-state index in [1.54, 1.807) is 0 Å². The van der Waals surface area contributed by atoms with Crippen LogP contribution in [0.3, 0.4) is 0 Å². The van der Waals surface area contributed by atoms with Gasteiger partial charge in [-0.1, -0.05) is 146 Å². The Morgan fingerprint density at radius 1 is 0.167 bits per heavy atom. The van der Waals surface area contributed by atoms with Crippen molar-refractivity contribution < 1.29 is 0 Å². The summed E-state index contributed by atoms with van der Waals surface area (Å²) in [6, 6.07) is 104. The zero-order valence-corrected chi connectivity index (χ0v) is 35.5. The molecular weight excluding hydrogens is 793 g/mol. The topological polar surface area (TPSA) is 0 Å². The van der Waals surface area contributed by atoms with Crippen LogP contribution in [0.15, 0.2) is 194 Å². The summed E-state index contributed by atoms with van der Waals surface area (Å²) in [7, 11) is 0. The van der Waals surface area contributed by atoms with E-state index in [9.17, 15) is 0 Å². The van der Waals surface area contributed by atoms with Crippen molar-refractivity contribution in [1.82, 2.24) is 0 Å². The second-order valence-corrected chi connectivity index (χ2v) is 16.9.